The van der Waals surface area contributed by atoms with Gasteiger partial charge >= 0.3 is 5.97 Å². The highest BCUT2D eigenvalue weighted by Crippen LogP contribution is 2.50. The molecule has 0 spiro atoms. The van der Waals surface area contributed by atoms with Gasteiger partial charge in [-0.25, -0.2) is 4.79 Å². The van der Waals surface area contributed by atoms with E-state index in [1.807, 2.05) is 30.3 Å². The maximum Gasteiger partial charge on any atom is 0.327 e. The van der Waals surface area contributed by atoms with Crippen LogP contribution in [0.5, 0.6) is 0 Å². The van der Waals surface area contributed by atoms with Crippen LogP contribution in [0.15, 0.2) is 30.3 Å². The lowest BCUT2D eigenvalue weighted by Crippen LogP contribution is -2.71. The number of carbonyl (C=O) groups is 3. The Morgan fingerprint density at radius 2 is 1.92 bits per heavy atom. The Bertz CT molecular complexity index is 709. The predicted octanol–water partition coefficient (Wildman–Crippen LogP) is 0.579. The number of rotatable bonds is 5. The lowest BCUT2D eigenvalue weighted by Gasteiger charge is -2.44. The van der Waals surface area contributed by atoms with Gasteiger partial charge in [-0.05, 0) is 26.5 Å². The highest BCUT2D eigenvalue weighted by atomic mass is 32.2. The average Bonchev–Trinajstić information content (AvgIpc) is 2.82. The maximum absolute atomic E-state index is 12.6. The lowest BCUT2D eigenvalue weighted by atomic mass is 9.95. The van der Waals surface area contributed by atoms with Gasteiger partial charge in [-0.1, -0.05) is 30.3 Å². The number of carbonyl (C=O) groups excluding carboxylic acids is 2. The van der Waals surface area contributed by atoms with E-state index < -0.39 is 28.8 Å². The van der Waals surface area contributed by atoms with Crippen LogP contribution in [0, 0.1) is 0 Å². The van der Waals surface area contributed by atoms with Gasteiger partial charge in [0.2, 0.25) is 11.8 Å². The third-order valence-corrected chi connectivity index (χ3v) is 6.23. The number of carboxylic acid groups (broad SMARTS) is 1. The molecule has 2 fully saturated rings. The summed E-state index contributed by atoms with van der Waals surface area (Å²) in [5.74, 6) is -1.66. The molecule has 2 saturated heterocycles. The molecule has 2 aliphatic heterocycles. The summed E-state index contributed by atoms with van der Waals surface area (Å²) in [6, 6.07) is 7.08. The van der Waals surface area contributed by atoms with E-state index in [1.165, 1.54) is 16.7 Å². The van der Waals surface area contributed by atoms with E-state index >= 15 is 0 Å². The minimum absolute atomic E-state index is 0.302. The molecule has 3 rings (SSSR count). The maximum atomic E-state index is 12.6. The number of fused-ring (bicyclic) bond motifs is 1. The fourth-order valence-electron chi connectivity index (χ4n) is 3.48. The van der Waals surface area contributed by atoms with Crippen LogP contribution < -0.4 is 10.6 Å². The van der Waals surface area contributed by atoms with Gasteiger partial charge in [0.25, 0.3) is 0 Å². The average molecular weight is 363 g/mol. The van der Waals surface area contributed by atoms with E-state index in [0.717, 1.165) is 5.56 Å². The molecular weight excluding hydrogens is 342 g/mol. The van der Waals surface area contributed by atoms with Gasteiger partial charge in [-0.2, -0.15) is 0 Å². The number of β-lactam (4-membered cyclic amide) rings is 1. The van der Waals surface area contributed by atoms with Crippen LogP contribution in [-0.2, 0) is 14.4 Å². The van der Waals surface area contributed by atoms with Crippen LogP contribution >= 0.6 is 11.8 Å². The fraction of sp³-hybridized carbons (Fsp3) is 0.471. The van der Waals surface area contributed by atoms with Crippen molar-refractivity contribution in [3.63, 3.8) is 0 Å². The summed E-state index contributed by atoms with van der Waals surface area (Å²) < 4.78 is -0.604. The first kappa shape index (κ1) is 17.8. The molecule has 7 nitrogen and oxygen atoms in total. The van der Waals surface area contributed by atoms with Crippen LogP contribution in [0.2, 0.25) is 0 Å². The topological polar surface area (TPSA) is 98.7 Å². The molecule has 0 bridgehead atoms. The Kier molecular flexibility index (Phi) is 4.51. The van der Waals surface area contributed by atoms with Crippen molar-refractivity contribution < 1.29 is 19.5 Å². The van der Waals surface area contributed by atoms with Gasteiger partial charge in [0.15, 0.2) is 0 Å². The van der Waals surface area contributed by atoms with E-state index in [1.54, 1.807) is 20.9 Å². The van der Waals surface area contributed by atoms with Gasteiger partial charge in [-0.15, -0.1) is 11.8 Å². The molecule has 1 unspecified atom stereocenters. The van der Waals surface area contributed by atoms with Crippen molar-refractivity contribution >= 4 is 29.5 Å². The molecule has 0 aliphatic carbocycles. The minimum Gasteiger partial charge on any atom is -0.480 e. The molecule has 8 heteroatoms. The number of hydrogen-bond donors (Lipinski definition) is 3. The summed E-state index contributed by atoms with van der Waals surface area (Å²) in [6.07, 6.45) is 0. The zero-order valence-electron chi connectivity index (χ0n) is 14.2. The van der Waals surface area contributed by atoms with Crippen LogP contribution in [0.25, 0.3) is 0 Å². The van der Waals surface area contributed by atoms with Crippen LogP contribution in [-0.4, -0.2) is 57.0 Å². The summed E-state index contributed by atoms with van der Waals surface area (Å²) in [4.78, 5) is 37.9. The normalized spacial score (nSPS) is 28.0. The Morgan fingerprint density at radius 3 is 2.48 bits per heavy atom. The molecule has 4 atom stereocenters. The lowest BCUT2D eigenvalue weighted by molar-refractivity contribution is -0.161. The van der Waals surface area contributed by atoms with E-state index in [0.29, 0.717) is 0 Å². The first-order valence-corrected chi connectivity index (χ1v) is 8.91. The number of hydrogen-bond acceptors (Lipinski definition) is 5. The number of carboxylic acids is 1. The van der Waals surface area contributed by atoms with Crippen molar-refractivity contribution in [3.05, 3.63) is 35.9 Å². The summed E-state index contributed by atoms with van der Waals surface area (Å²) in [6.45, 7) is 3.61. The van der Waals surface area contributed by atoms with E-state index in [2.05, 4.69) is 10.6 Å². The zero-order chi connectivity index (χ0) is 18.4. The minimum atomic E-state index is -1.02. The second-order valence-electron chi connectivity index (χ2n) is 6.72. The first-order valence-electron chi connectivity index (χ1n) is 8.03. The number of thioether (sulfide) groups is 1. The van der Waals surface area contributed by atoms with Crippen LogP contribution in [0.1, 0.15) is 25.5 Å². The van der Waals surface area contributed by atoms with Gasteiger partial charge < -0.3 is 20.6 Å². The van der Waals surface area contributed by atoms with Crippen molar-refractivity contribution in [2.45, 2.75) is 42.1 Å². The van der Waals surface area contributed by atoms with Gasteiger partial charge in [0, 0.05) is 4.75 Å². The zero-order valence-corrected chi connectivity index (χ0v) is 15.0. The quantitative estimate of drug-likeness (QED) is 0.662. The molecule has 2 heterocycles. The predicted molar refractivity (Wildman–Crippen MR) is 93.9 cm³/mol. The van der Waals surface area contributed by atoms with E-state index in [9.17, 15) is 19.5 Å². The summed E-state index contributed by atoms with van der Waals surface area (Å²) in [5, 5.41) is 14.8. The summed E-state index contributed by atoms with van der Waals surface area (Å²) >= 11 is 1.41. The molecule has 0 radical (unpaired) electrons. The Morgan fingerprint density at radius 1 is 1.28 bits per heavy atom. The summed E-state index contributed by atoms with van der Waals surface area (Å²) in [7, 11) is 1.68. The smallest absolute Gasteiger partial charge is 0.327 e. The second-order valence-corrected chi connectivity index (χ2v) is 8.49. The van der Waals surface area contributed by atoms with Crippen LogP contribution in [0.4, 0.5) is 0 Å². The molecule has 1 aromatic rings. The SMILES string of the molecule is CN[C@@H](C(=O)N[C@@H]1C(=O)N2C1SC(C)(C)[C@@H]2C(=O)O)c1ccccc1. The highest BCUT2D eigenvalue weighted by Gasteiger charge is 2.64. The Labute approximate surface area is 150 Å². The molecule has 2 amide bonds. The number of amides is 2. The molecule has 0 aromatic heterocycles. The highest BCUT2D eigenvalue weighted by molar-refractivity contribution is 8.01. The van der Waals surface area contributed by atoms with E-state index in [-0.39, 0.29) is 17.2 Å². The van der Waals surface area contributed by atoms with Crippen molar-refractivity contribution in [2.75, 3.05) is 7.05 Å². The molecule has 134 valence electrons. The molecular formula is C17H21N3O4S. The van der Waals surface area contributed by atoms with Crippen molar-refractivity contribution in [2.24, 2.45) is 0 Å². The third kappa shape index (κ3) is 2.89. The van der Waals surface area contributed by atoms with Crippen molar-refractivity contribution in [3.8, 4) is 0 Å². The largest absolute Gasteiger partial charge is 0.480 e. The van der Waals surface area contributed by atoms with Crippen LogP contribution in [0.3, 0.4) is 0 Å². The number of likely N-dealkylation sites (N-methyl/N-ethyl adjacent to an activating group) is 1. The second kappa shape index (κ2) is 6.34. The fourth-order valence-corrected chi connectivity index (χ4v) is 5.10. The van der Waals surface area contributed by atoms with Gasteiger partial charge in [-0.3, -0.25) is 9.59 Å². The Hall–Kier alpha value is -2.06. The molecule has 0 saturated carbocycles. The third-order valence-electron chi connectivity index (χ3n) is 4.66. The molecule has 3 N–H and O–H groups in total. The van der Waals surface area contributed by atoms with Crippen molar-refractivity contribution in [1.82, 2.24) is 15.5 Å². The molecule has 2 aliphatic rings. The monoisotopic (exact) mass is 363 g/mol. The molecule has 1 aromatic carbocycles. The number of nitrogens with one attached hydrogen (secondary N) is 2. The van der Waals surface area contributed by atoms with Crippen molar-refractivity contribution in [1.29, 1.82) is 0 Å². The first-order chi connectivity index (χ1) is 11.8. The standard InChI is InChI=1S/C17H21N3O4S/c1-17(2)12(16(23)24)20-14(22)11(15(20)25-17)19-13(21)10(18-3)9-7-5-4-6-8-9/h4-8,10-12,15,18H,1-3H3,(H,19,21)(H,23,24)/t10-,11-,12+,15?/m1/s1. The van der Waals surface area contributed by atoms with Gasteiger partial charge in [0.1, 0.15) is 23.5 Å². The number of nitrogens with zero attached hydrogens (tertiary/aromatic N) is 1. The Balaban J connectivity index is 1.74. The van der Waals surface area contributed by atoms with E-state index in [4.69, 9.17) is 0 Å². The van der Waals surface area contributed by atoms with Gasteiger partial charge in [0.05, 0.1) is 0 Å². The summed E-state index contributed by atoms with van der Waals surface area (Å²) in [5.41, 5.74) is 0.800. The number of benzene rings is 1. The number of aliphatic carboxylic acids is 1. The molecule has 25 heavy (non-hydrogen) atoms.